The number of amides is 1. The van der Waals surface area contributed by atoms with E-state index in [2.05, 4.69) is 46.6 Å². The number of carbonyl (C=O) groups is 1. The summed E-state index contributed by atoms with van der Waals surface area (Å²) in [5, 5.41) is 7.26. The Labute approximate surface area is 163 Å². The molecule has 2 aromatic carbocycles. The van der Waals surface area contributed by atoms with Gasteiger partial charge >= 0.3 is 0 Å². The number of rotatable bonds is 5. The van der Waals surface area contributed by atoms with Crippen LogP contribution in [-0.4, -0.2) is 15.9 Å². The molecule has 0 aliphatic heterocycles. The van der Waals surface area contributed by atoms with Crippen LogP contribution in [0.1, 0.15) is 16.7 Å². The molecule has 0 spiro atoms. The van der Waals surface area contributed by atoms with Gasteiger partial charge in [-0.3, -0.25) is 4.79 Å². The molecule has 3 N–H and O–H groups in total. The van der Waals surface area contributed by atoms with Gasteiger partial charge in [-0.05, 0) is 60.9 Å². The summed E-state index contributed by atoms with van der Waals surface area (Å²) in [6, 6.07) is 17.9. The Hall–Kier alpha value is -3.60. The number of hydrogen-bond donors (Lipinski definition) is 3. The number of aromatic nitrogens is 2. The van der Waals surface area contributed by atoms with Crippen molar-refractivity contribution in [2.45, 2.75) is 20.3 Å². The predicted octanol–water partition coefficient (Wildman–Crippen LogP) is 5.10. The molecule has 0 aliphatic carbocycles. The maximum Gasteiger partial charge on any atom is 0.228 e. The van der Waals surface area contributed by atoms with E-state index in [1.165, 1.54) is 11.1 Å². The number of nitrogens with one attached hydrogen (secondary N) is 3. The zero-order chi connectivity index (χ0) is 19.5. The van der Waals surface area contributed by atoms with Crippen molar-refractivity contribution in [3.05, 3.63) is 83.7 Å². The van der Waals surface area contributed by atoms with Crippen LogP contribution in [0.25, 0.3) is 10.9 Å². The van der Waals surface area contributed by atoms with Crippen LogP contribution >= 0.6 is 0 Å². The third-order valence-corrected chi connectivity index (χ3v) is 4.85. The molecule has 4 rings (SSSR count). The second-order valence-corrected chi connectivity index (χ2v) is 6.94. The summed E-state index contributed by atoms with van der Waals surface area (Å²) < 4.78 is 0. The van der Waals surface area contributed by atoms with Crippen LogP contribution < -0.4 is 10.6 Å². The Morgan fingerprint density at radius 2 is 1.82 bits per heavy atom. The summed E-state index contributed by atoms with van der Waals surface area (Å²) in [7, 11) is 0. The molecule has 4 aromatic rings. The van der Waals surface area contributed by atoms with Gasteiger partial charge in [-0.1, -0.05) is 24.3 Å². The fourth-order valence-corrected chi connectivity index (χ4v) is 3.16. The van der Waals surface area contributed by atoms with Crippen LogP contribution in [0.4, 0.5) is 17.2 Å². The first-order valence-corrected chi connectivity index (χ1v) is 9.24. The van der Waals surface area contributed by atoms with Gasteiger partial charge in [0.25, 0.3) is 0 Å². The van der Waals surface area contributed by atoms with Crippen LogP contribution in [0, 0.1) is 13.8 Å². The van der Waals surface area contributed by atoms with Crippen molar-refractivity contribution >= 4 is 34.0 Å². The fourth-order valence-electron chi connectivity index (χ4n) is 3.16. The fraction of sp³-hybridized carbons (Fsp3) is 0.130. The largest absolute Gasteiger partial charge is 0.361 e. The second-order valence-electron chi connectivity index (χ2n) is 6.94. The number of benzene rings is 2. The number of H-pyrrole nitrogens is 1. The molecule has 0 bridgehead atoms. The Kier molecular flexibility index (Phi) is 4.81. The molecular weight excluding hydrogens is 348 g/mol. The van der Waals surface area contributed by atoms with Crippen LogP contribution in [0.3, 0.4) is 0 Å². The minimum absolute atomic E-state index is 0.0681. The molecule has 2 aromatic heterocycles. The van der Waals surface area contributed by atoms with Crippen molar-refractivity contribution in [2.75, 3.05) is 10.6 Å². The highest BCUT2D eigenvalue weighted by atomic mass is 16.1. The maximum absolute atomic E-state index is 12.4. The van der Waals surface area contributed by atoms with Crippen molar-refractivity contribution in [3.63, 3.8) is 0 Å². The lowest BCUT2D eigenvalue weighted by Crippen LogP contribution is -2.14. The van der Waals surface area contributed by atoms with Gasteiger partial charge < -0.3 is 15.6 Å². The molecule has 0 radical (unpaired) electrons. The molecule has 0 fully saturated rings. The van der Waals surface area contributed by atoms with Gasteiger partial charge in [0, 0.05) is 22.8 Å². The van der Waals surface area contributed by atoms with Crippen LogP contribution in [0.2, 0.25) is 0 Å². The molecule has 5 heteroatoms. The van der Waals surface area contributed by atoms with E-state index in [0.717, 1.165) is 28.0 Å². The van der Waals surface area contributed by atoms with E-state index in [-0.39, 0.29) is 5.91 Å². The molecule has 0 aliphatic rings. The molecular formula is C23H22N4O. The lowest BCUT2D eigenvalue weighted by molar-refractivity contribution is -0.115. The molecule has 0 saturated carbocycles. The van der Waals surface area contributed by atoms with E-state index >= 15 is 0 Å². The minimum Gasteiger partial charge on any atom is -0.361 e. The number of carbonyl (C=O) groups excluding carboxylic acids is 1. The lowest BCUT2D eigenvalue weighted by Gasteiger charge is -2.09. The van der Waals surface area contributed by atoms with Gasteiger partial charge in [0.2, 0.25) is 5.91 Å². The summed E-state index contributed by atoms with van der Waals surface area (Å²) in [5.41, 5.74) is 6.17. The molecule has 2 heterocycles. The quantitative estimate of drug-likeness (QED) is 0.457. The van der Waals surface area contributed by atoms with E-state index in [0.29, 0.717) is 12.1 Å². The van der Waals surface area contributed by atoms with E-state index in [1.807, 2.05) is 48.7 Å². The number of aryl methyl sites for hydroxylation is 2. The average molecular weight is 370 g/mol. The molecule has 1 amide bonds. The van der Waals surface area contributed by atoms with Gasteiger partial charge in [0.1, 0.15) is 5.82 Å². The van der Waals surface area contributed by atoms with Crippen molar-refractivity contribution in [1.29, 1.82) is 0 Å². The third kappa shape index (κ3) is 3.88. The number of fused-ring (bicyclic) bond motifs is 1. The van der Waals surface area contributed by atoms with Gasteiger partial charge in [0.05, 0.1) is 18.3 Å². The average Bonchev–Trinajstić information content (AvgIpc) is 3.09. The third-order valence-electron chi connectivity index (χ3n) is 4.85. The molecule has 0 saturated heterocycles. The van der Waals surface area contributed by atoms with Gasteiger partial charge in [-0.25, -0.2) is 4.98 Å². The first-order valence-electron chi connectivity index (χ1n) is 9.24. The number of para-hydroxylation sites is 1. The molecule has 5 nitrogen and oxygen atoms in total. The predicted molar refractivity (Wildman–Crippen MR) is 114 cm³/mol. The SMILES string of the molecule is Cc1ccc(Nc2ccc(NC(=O)Cc3c[nH]c4ccccc34)cn2)cc1C. The van der Waals surface area contributed by atoms with E-state index in [9.17, 15) is 4.79 Å². The summed E-state index contributed by atoms with van der Waals surface area (Å²) in [6.07, 6.45) is 3.86. The van der Waals surface area contributed by atoms with Gasteiger partial charge in [-0.15, -0.1) is 0 Å². The Balaban J connectivity index is 1.39. The Morgan fingerprint density at radius 3 is 2.61 bits per heavy atom. The number of anilines is 3. The van der Waals surface area contributed by atoms with Gasteiger partial charge in [0.15, 0.2) is 0 Å². The zero-order valence-electron chi connectivity index (χ0n) is 15.9. The molecule has 0 unspecified atom stereocenters. The topological polar surface area (TPSA) is 69.8 Å². The highest BCUT2D eigenvalue weighted by Gasteiger charge is 2.09. The van der Waals surface area contributed by atoms with E-state index in [4.69, 9.17) is 0 Å². The summed E-state index contributed by atoms with van der Waals surface area (Å²) in [5.74, 6) is 0.666. The smallest absolute Gasteiger partial charge is 0.228 e. The summed E-state index contributed by atoms with van der Waals surface area (Å²) >= 11 is 0. The summed E-state index contributed by atoms with van der Waals surface area (Å²) in [6.45, 7) is 4.17. The zero-order valence-corrected chi connectivity index (χ0v) is 15.9. The first kappa shape index (κ1) is 17.8. The number of aromatic amines is 1. The number of nitrogens with zero attached hydrogens (tertiary/aromatic N) is 1. The highest BCUT2D eigenvalue weighted by molar-refractivity contribution is 5.95. The Bertz CT molecular complexity index is 1130. The van der Waals surface area contributed by atoms with Gasteiger partial charge in [-0.2, -0.15) is 0 Å². The van der Waals surface area contributed by atoms with Crippen molar-refractivity contribution in [2.24, 2.45) is 0 Å². The maximum atomic E-state index is 12.4. The van der Waals surface area contributed by atoms with Crippen LogP contribution in [-0.2, 0) is 11.2 Å². The van der Waals surface area contributed by atoms with Crippen molar-refractivity contribution in [3.8, 4) is 0 Å². The Morgan fingerprint density at radius 1 is 1.00 bits per heavy atom. The number of pyridine rings is 1. The normalized spacial score (nSPS) is 10.8. The van der Waals surface area contributed by atoms with Crippen LogP contribution in [0.5, 0.6) is 0 Å². The standard InChI is InChI=1S/C23H22N4O/c1-15-7-8-18(11-16(15)2)26-22-10-9-19(14-25-22)27-23(28)12-17-13-24-21-6-4-3-5-20(17)21/h3-11,13-14,24H,12H2,1-2H3,(H,25,26)(H,27,28). The van der Waals surface area contributed by atoms with Crippen molar-refractivity contribution in [1.82, 2.24) is 9.97 Å². The summed E-state index contributed by atoms with van der Waals surface area (Å²) in [4.78, 5) is 20.0. The lowest BCUT2D eigenvalue weighted by atomic mass is 10.1. The second kappa shape index (κ2) is 7.56. The van der Waals surface area contributed by atoms with E-state index < -0.39 is 0 Å². The first-order chi connectivity index (χ1) is 13.6. The van der Waals surface area contributed by atoms with E-state index in [1.54, 1.807) is 6.20 Å². The molecule has 0 atom stereocenters. The molecule has 140 valence electrons. The highest BCUT2D eigenvalue weighted by Crippen LogP contribution is 2.20. The number of hydrogen-bond acceptors (Lipinski definition) is 3. The van der Waals surface area contributed by atoms with Crippen molar-refractivity contribution < 1.29 is 4.79 Å². The minimum atomic E-state index is -0.0681. The van der Waals surface area contributed by atoms with Crippen LogP contribution in [0.15, 0.2) is 67.0 Å². The monoisotopic (exact) mass is 370 g/mol. The molecule has 28 heavy (non-hydrogen) atoms.